The van der Waals surface area contributed by atoms with Gasteiger partial charge in [0.05, 0.1) is 5.60 Å². The van der Waals surface area contributed by atoms with Crippen LogP contribution >= 0.6 is 0 Å². The number of likely N-dealkylation sites (tertiary alicyclic amines) is 1. The zero-order chi connectivity index (χ0) is 19.4. The first-order chi connectivity index (χ1) is 13.6. The second-order valence-corrected chi connectivity index (χ2v) is 8.20. The van der Waals surface area contributed by atoms with Gasteiger partial charge in [0.2, 0.25) is 11.8 Å². The van der Waals surface area contributed by atoms with Crippen LogP contribution < -0.4 is 0 Å². The maximum Gasteiger partial charge on any atom is 0.226 e. The summed E-state index contributed by atoms with van der Waals surface area (Å²) in [4.78, 5) is 19.0. The van der Waals surface area contributed by atoms with Gasteiger partial charge in [0.1, 0.15) is 0 Å². The fraction of sp³-hybridized carbons (Fsp3) is 0.591. The lowest BCUT2D eigenvalue weighted by molar-refractivity contribution is -0.147. The van der Waals surface area contributed by atoms with Crippen LogP contribution in [0.5, 0.6) is 0 Å². The Morgan fingerprint density at radius 2 is 2.04 bits per heavy atom. The second-order valence-electron chi connectivity index (χ2n) is 8.20. The minimum absolute atomic E-state index is 0.0891. The number of hydrogen-bond donors (Lipinski definition) is 0. The van der Waals surface area contributed by atoms with Crippen molar-refractivity contribution in [1.29, 1.82) is 0 Å². The van der Waals surface area contributed by atoms with Crippen LogP contribution in [0.4, 0.5) is 0 Å². The lowest BCUT2D eigenvalue weighted by Gasteiger charge is -2.46. The Morgan fingerprint density at radius 1 is 1.25 bits per heavy atom. The molecule has 0 aliphatic carbocycles. The molecule has 28 heavy (non-hydrogen) atoms. The molecule has 1 amide bonds. The van der Waals surface area contributed by atoms with Crippen molar-refractivity contribution in [3.8, 4) is 0 Å². The van der Waals surface area contributed by atoms with Gasteiger partial charge in [-0.25, -0.2) is 0 Å². The highest BCUT2D eigenvalue weighted by Gasteiger charge is 2.41. The number of aromatic nitrogens is 2. The number of benzene rings is 1. The molecule has 2 aliphatic heterocycles. The summed E-state index contributed by atoms with van der Waals surface area (Å²) in [5, 5.41) is 3.89. The van der Waals surface area contributed by atoms with Crippen molar-refractivity contribution in [2.24, 2.45) is 5.92 Å². The number of piperidine rings is 1. The van der Waals surface area contributed by atoms with Gasteiger partial charge in [-0.1, -0.05) is 35.5 Å². The fourth-order valence-electron chi connectivity index (χ4n) is 4.54. The first-order valence-electron chi connectivity index (χ1n) is 10.4. The molecule has 0 saturated carbocycles. The normalized spacial score (nSPS) is 21.8. The van der Waals surface area contributed by atoms with Crippen molar-refractivity contribution in [1.82, 2.24) is 15.0 Å². The van der Waals surface area contributed by atoms with Gasteiger partial charge in [-0.15, -0.1) is 0 Å². The molecule has 3 heterocycles. The molecule has 0 unspecified atom stereocenters. The lowest BCUT2D eigenvalue weighted by Crippen LogP contribution is -2.51. The highest BCUT2D eigenvalue weighted by molar-refractivity contribution is 5.76. The van der Waals surface area contributed by atoms with Gasteiger partial charge in [0.15, 0.2) is 5.82 Å². The Morgan fingerprint density at radius 3 is 2.75 bits per heavy atom. The molecule has 1 aromatic heterocycles. The minimum atomic E-state index is -0.0891. The van der Waals surface area contributed by atoms with Crippen LogP contribution in [0, 0.1) is 12.8 Å². The van der Waals surface area contributed by atoms with E-state index in [0.717, 1.165) is 64.1 Å². The van der Waals surface area contributed by atoms with Gasteiger partial charge in [-0.2, -0.15) is 4.98 Å². The zero-order valence-electron chi connectivity index (χ0n) is 16.6. The van der Waals surface area contributed by atoms with E-state index in [1.807, 2.05) is 30.0 Å². The summed E-state index contributed by atoms with van der Waals surface area (Å²) in [5.41, 5.74) is 1.13. The third-order valence-corrected chi connectivity index (χ3v) is 6.13. The minimum Gasteiger partial charge on any atom is -0.375 e. The predicted molar refractivity (Wildman–Crippen MR) is 105 cm³/mol. The number of carbonyl (C=O) groups excluding carboxylic acids is 1. The van der Waals surface area contributed by atoms with Crippen LogP contribution in [0.1, 0.15) is 49.4 Å². The number of rotatable bonds is 5. The summed E-state index contributed by atoms with van der Waals surface area (Å²) < 4.78 is 11.5. The molecule has 2 aromatic rings. The number of amides is 1. The Labute approximate surface area is 166 Å². The molecule has 4 rings (SSSR count). The maximum absolute atomic E-state index is 12.6. The Kier molecular flexibility index (Phi) is 5.76. The second kappa shape index (κ2) is 8.43. The van der Waals surface area contributed by atoms with Crippen molar-refractivity contribution in [2.75, 3.05) is 19.7 Å². The summed E-state index contributed by atoms with van der Waals surface area (Å²) in [6.45, 7) is 4.21. The van der Waals surface area contributed by atoms with Crippen LogP contribution in [0.3, 0.4) is 0 Å². The molecule has 2 aliphatic rings. The summed E-state index contributed by atoms with van der Waals surface area (Å²) >= 11 is 0. The predicted octanol–water partition coefficient (Wildman–Crippen LogP) is 3.34. The van der Waals surface area contributed by atoms with Crippen LogP contribution in [0.15, 0.2) is 34.9 Å². The summed E-state index contributed by atoms with van der Waals surface area (Å²) in [5.74, 6) is 2.19. The zero-order valence-corrected chi connectivity index (χ0v) is 16.6. The molecule has 1 spiro atoms. The van der Waals surface area contributed by atoms with Crippen LogP contribution in [-0.4, -0.2) is 46.2 Å². The van der Waals surface area contributed by atoms with E-state index in [0.29, 0.717) is 18.2 Å². The number of carbonyl (C=O) groups is 1. The number of aryl methyl sites for hydroxylation is 2. The molecule has 0 radical (unpaired) electrons. The van der Waals surface area contributed by atoms with Crippen LogP contribution in [-0.2, 0) is 22.4 Å². The molecule has 2 fully saturated rings. The number of ether oxygens (including phenoxy) is 1. The average molecular weight is 383 g/mol. The fourth-order valence-corrected chi connectivity index (χ4v) is 4.54. The highest BCUT2D eigenvalue weighted by atomic mass is 16.5. The molecular formula is C22H29N3O3. The molecule has 1 atom stereocenters. The van der Waals surface area contributed by atoms with E-state index in [1.54, 1.807) is 0 Å². The quantitative estimate of drug-likeness (QED) is 0.792. The molecule has 1 aromatic carbocycles. The maximum atomic E-state index is 12.6. The van der Waals surface area contributed by atoms with Gasteiger partial charge < -0.3 is 14.2 Å². The van der Waals surface area contributed by atoms with E-state index >= 15 is 0 Å². The van der Waals surface area contributed by atoms with Gasteiger partial charge >= 0.3 is 0 Å². The van der Waals surface area contributed by atoms with E-state index in [-0.39, 0.29) is 11.5 Å². The lowest BCUT2D eigenvalue weighted by atomic mass is 9.78. The highest BCUT2D eigenvalue weighted by Crippen LogP contribution is 2.38. The Balaban J connectivity index is 1.27. The smallest absolute Gasteiger partial charge is 0.226 e. The summed E-state index contributed by atoms with van der Waals surface area (Å²) in [6.07, 6.45) is 6.10. The van der Waals surface area contributed by atoms with Gasteiger partial charge in [0, 0.05) is 32.5 Å². The largest absolute Gasteiger partial charge is 0.375 e. The Bertz CT molecular complexity index is 781. The van der Waals surface area contributed by atoms with E-state index in [1.165, 1.54) is 5.56 Å². The van der Waals surface area contributed by atoms with Gasteiger partial charge in [0.25, 0.3) is 0 Å². The van der Waals surface area contributed by atoms with Crippen molar-refractivity contribution < 1.29 is 14.1 Å². The Hall–Kier alpha value is -2.21. The standard InChI is InChI=1S/C22H29N3O3/c1-17-23-20(28-24-17)15-19-9-14-27-22(16-19)10-12-25(13-11-22)21(26)8-7-18-5-3-2-4-6-18/h2-6,19H,7-16H2,1H3/t19-/m1/s1. The van der Waals surface area contributed by atoms with Crippen molar-refractivity contribution >= 4 is 5.91 Å². The molecule has 0 N–H and O–H groups in total. The van der Waals surface area contributed by atoms with E-state index in [2.05, 4.69) is 22.3 Å². The first-order valence-corrected chi connectivity index (χ1v) is 10.4. The van der Waals surface area contributed by atoms with Crippen LogP contribution in [0.25, 0.3) is 0 Å². The van der Waals surface area contributed by atoms with Crippen molar-refractivity contribution in [3.05, 3.63) is 47.6 Å². The molecular weight excluding hydrogens is 354 g/mol. The summed E-state index contributed by atoms with van der Waals surface area (Å²) in [7, 11) is 0. The number of nitrogens with zero attached hydrogens (tertiary/aromatic N) is 3. The van der Waals surface area contributed by atoms with E-state index in [4.69, 9.17) is 9.26 Å². The van der Waals surface area contributed by atoms with Gasteiger partial charge in [-0.3, -0.25) is 4.79 Å². The van der Waals surface area contributed by atoms with Gasteiger partial charge in [-0.05, 0) is 50.5 Å². The van der Waals surface area contributed by atoms with E-state index in [9.17, 15) is 4.79 Å². The average Bonchev–Trinajstić information content (AvgIpc) is 3.12. The molecule has 150 valence electrons. The van der Waals surface area contributed by atoms with Crippen molar-refractivity contribution in [3.63, 3.8) is 0 Å². The first kappa shape index (κ1) is 19.1. The molecule has 6 nitrogen and oxygen atoms in total. The summed E-state index contributed by atoms with van der Waals surface area (Å²) in [6, 6.07) is 10.2. The third-order valence-electron chi connectivity index (χ3n) is 6.13. The molecule has 2 saturated heterocycles. The third kappa shape index (κ3) is 4.61. The topological polar surface area (TPSA) is 68.5 Å². The molecule has 0 bridgehead atoms. The SMILES string of the molecule is Cc1noc(C[C@H]2CCOC3(CCN(C(=O)CCc4ccccc4)CC3)C2)n1. The van der Waals surface area contributed by atoms with E-state index < -0.39 is 0 Å². The monoisotopic (exact) mass is 383 g/mol. The van der Waals surface area contributed by atoms with Crippen molar-refractivity contribution in [2.45, 2.75) is 57.5 Å². The number of hydrogen-bond acceptors (Lipinski definition) is 5. The van der Waals surface area contributed by atoms with Crippen LogP contribution in [0.2, 0.25) is 0 Å². The molecule has 6 heteroatoms.